The molecule has 0 bridgehead atoms. The molecule has 0 aliphatic heterocycles. The lowest BCUT2D eigenvalue weighted by Gasteiger charge is -1.96. The number of allylic oxidation sites excluding steroid dienone is 1. The highest BCUT2D eigenvalue weighted by atomic mass is 16.5. The maximum absolute atomic E-state index is 10.5. The van der Waals surface area contributed by atoms with Gasteiger partial charge >= 0.3 is 11.9 Å². The molecule has 0 aliphatic carbocycles. The second-order valence-electron chi connectivity index (χ2n) is 2.32. The largest absolute Gasteiger partial charge is 0.466 e. The van der Waals surface area contributed by atoms with Gasteiger partial charge in [0.2, 0.25) is 0 Å². The second kappa shape index (κ2) is 10.2. The Balaban J connectivity index is 0. The van der Waals surface area contributed by atoms with E-state index in [1.165, 1.54) is 14.2 Å². The van der Waals surface area contributed by atoms with E-state index in [2.05, 4.69) is 29.2 Å². The van der Waals surface area contributed by atoms with Crippen LogP contribution in [-0.4, -0.2) is 26.2 Å². The topological polar surface area (TPSA) is 52.6 Å². The van der Waals surface area contributed by atoms with Gasteiger partial charge in [-0.1, -0.05) is 19.2 Å². The average molecular weight is 212 g/mol. The van der Waals surface area contributed by atoms with E-state index in [9.17, 15) is 9.59 Å². The molecule has 4 heteroatoms. The van der Waals surface area contributed by atoms with Crippen molar-refractivity contribution in [1.82, 2.24) is 0 Å². The summed E-state index contributed by atoms with van der Waals surface area (Å²) < 4.78 is 8.52. The third-order valence-corrected chi connectivity index (χ3v) is 1.23. The molecule has 0 spiro atoms. The van der Waals surface area contributed by atoms with E-state index in [0.717, 1.165) is 6.08 Å². The molecular formula is C11H16O4. The fourth-order valence-electron chi connectivity index (χ4n) is 0.485. The van der Waals surface area contributed by atoms with Crippen molar-refractivity contribution in [3.05, 3.63) is 37.5 Å². The Hall–Kier alpha value is -1.84. The molecule has 0 N–H and O–H groups in total. The van der Waals surface area contributed by atoms with E-state index in [-0.39, 0.29) is 5.97 Å². The molecule has 0 saturated heterocycles. The molecule has 15 heavy (non-hydrogen) atoms. The first-order valence-electron chi connectivity index (χ1n) is 4.10. The first-order valence-corrected chi connectivity index (χ1v) is 4.10. The van der Waals surface area contributed by atoms with Crippen LogP contribution < -0.4 is 0 Å². The zero-order chi connectivity index (χ0) is 12.3. The van der Waals surface area contributed by atoms with Crippen LogP contribution in [0.25, 0.3) is 0 Å². The zero-order valence-corrected chi connectivity index (χ0v) is 9.12. The van der Waals surface area contributed by atoms with E-state index in [4.69, 9.17) is 0 Å². The van der Waals surface area contributed by atoms with Crippen LogP contribution >= 0.6 is 0 Å². The minimum absolute atomic E-state index is 0.366. The molecule has 84 valence electrons. The van der Waals surface area contributed by atoms with Crippen molar-refractivity contribution in [2.45, 2.75) is 6.42 Å². The highest BCUT2D eigenvalue weighted by molar-refractivity contribution is 5.87. The van der Waals surface area contributed by atoms with Gasteiger partial charge in [0, 0.05) is 11.6 Å². The predicted molar refractivity (Wildman–Crippen MR) is 58.2 cm³/mol. The summed E-state index contributed by atoms with van der Waals surface area (Å²) in [6.07, 6.45) is 3.21. The van der Waals surface area contributed by atoms with Gasteiger partial charge in [0.05, 0.1) is 14.2 Å². The van der Waals surface area contributed by atoms with Gasteiger partial charge in [0.25, 0.3) is 0 Å². The van der Waals surface area contributed by atoms with Crippen molar-refractivity contribution in [2.75, 3.05) is 14.2 Å². The third kappa shape index (κ3) is 10.1. The van der Waals surface area contributed by atoms with Gasteiger partial charge in [0.15, 0.2) is 0 Å². The Morgan fingerprint density at radius 2 is 1.73 bits per heavy atom. The van der Waals surface area contributed by atoms with Crippen molar-refractivity contribution in [1.29, 1.82) is 0 Å². The zero-order valence-electron chi connectivity index (χ0n) is 9.12. The summed E-state index contributed by atoms with van der Waals surface area (Å²) in [5.41, 5.74) is 0.438. The molecule has 0 saturated carbocycles. The monoisotopic (exact) mass is 212 g/mol. The highest BCUT2D eigenvalue weighted by Gasteiger charge is 2.01. The van der Waals surface area contributed by atoms with Crippen LogP contribution in [0.3, 0.4) is 0 Å². The van der Waals surface area contributed by atoms with E-state index >= 15 is 0 Å². The number of hydrogen-bond acceptors (Lipinski definition) is 4. The van der Waals surface area contributed by atoms with E-state index < -0.39 is 5.97 Å². The van der Waals surface area contributed by atoms with Crippen LogP contribution in [0.15, 0.2) is 37.5 Å². The molecule has 0 aromatic carbocycles. The first kappa shape index (κ1) is 15.6. The van der Waals surface area contributed by atoms with Crippen LogP contribution in [-0.2, 0) is 19.1 Å². The molecule has 0 aromatic heterocycles. The number of methoxy groups -OCH3 is 2. The molecule has 0 amide bonds. The minimum atomic E-state index is -0.394. The lowest BCUT2D eigenvalue weighted by atomic mass is 10.2. The van der Waals surface area contributed by atoms with Crippen LogP contribution in [0.1, 0.15) is 6.42 Å². The summed E-state index contributed by atoms with van der Waals surface area (Å²) in [6, 6.07) is 0. The van der Waals surface area contributed by atoms with Gasteiger partial charge in [0.1, 0.15) is 0 Å². The molecule has 0 aromatic rings. The van der Waals surface area contributed by atoms with Crippen molar-refractivity contribution in [3.63, 3.8) is 0 Å². The Morgan fingerprint density at radius 3 is 1.93 bits per heavy atom. The fraction of sp³-hybridized carbons (Fsp3) is 0.273. The maximum Gasteiger partial charge on any atom is 0.333 e. The number of carbonyl (C=O) groups is 2. The maximum atomic E-state index is 10.5. The van der Waals surface area contributed by atoms with Crippen molar-refractivity contribution in [2.24, 2.45) is 0 Å². The Labute approximate surface area is 89.9 Å². The van der Waals surface area contributed by atoms with Crippen molar-refractivity contribution >= 4 is 11.9 Å². The van der Waals surface area contributed by atoms with Crippen molar-refractivity contribution in [3.8, 4) is 0 Å². The molecule has 0 radical (unpaired) electrons. The van der Waals surface area contributed by atoms with Gasteiger partial charge in [-0.05, 0) is 6.42 Å². The number of ether oxygens (including phenoxy) is 2. The predicted octanol–water partition coefficient (Wildman–Crippen LogP) is 1.64. The lowest BCUT2D eigenvalue weighted by Crippen LogP contribution is -2.01. The van der Waals surface area contributed by atoms with Gasteiger partial charge in [-0.3, -0.25) is 0 Å². The average Bonchev–Trinajstić information content (AvgIpc) is 2.27. The van der Waals surface area contributed by atoms with Crippen LogP contribution in [0.2, 0.25) is 0 Å². The van der Waals surface area contributed by atoms with E-state index in [0.29, 0.717) is 12.0 Å². The first-order chi connectivity index (χ1) is 7.03. The van der Waals surface area contributed by atoms with E-state index in [1.54, 1.807) is 6.08 Å². The Morgan fingerprint density at radius 1 is 1.20 bits per heavy atom. The third-order valence-electron chi connectivity index (χ3n) is 1.23. The molecule has 0 heterocycles. The van der Waals surface area contributed by atoms with E-state index in [1.807, 2.05) is 0 Å². The normalized spacial score (nSPS) is 7.60. The Kier molecular flexibility index (Phi) is 10.7. The summed E-state index contributed by atoms with van der Waals surface area (Å²) in [7, 11) is 2.64. The lowest BCUT2D eigenvalue weighted by molar-refractivity contribution is -0.136. The van der Waals surface area contributed by atoms with Gasteiger partial charge in [-0.2, -0.15) is 0 Å². The standard InChI is InChI=1S/C7H10O2.C4H6O2/c1-4-5-6(2)7(8)9-3;1-3-4(5)6-2/h4H,1-2,5H2,3H3;3H,1H2,2H3. The molecule has 0 atom stereocenters. The SMILES string of the molecule is C=CC(=O)OC.C=CCC(=C)C(=O)OC. The molecule has 0 aliphatic rings. The molecule has 0 fully saturated rings. The summed E-state index contributed by atoms with van der Waals surface area (Å²) in [6.45, 7) is 10.1. The smallest absolute Gasteiger partial charge is 0.333 e. The van der Waals surface area contributed by atoms with Gasteiger partial charge in [-0.25, -0.2) is 9.59 Å². The number of esters is 2. The molecular weight excluding hydrogens is 196 g/mol. The van der Waals surface area contributed by atoms with Crippen LogP contribution in [0, 0.1) is 0 Å². The van der Waals surface area contributed by atoms with Gasteiger partial charge in [-0.15, -0.1) is 6.58 Å². The highest BCUT2D eigenvalue weighted by Crippen LogP contribution is 1.99. The summed E-state index contributed by atoms with van der Waals surface area (Å²) >= 11 is 0. The number of rotatable bonds is 4. The fourth-order valence-corrected chi connectivity index (χ4v) is 0.485. The van der Waals surface area contributed by atoms with Gasteiger partial charge < -0.3 is 9.47 Å². The molecule has 0 rings (SSSR count). The van der Waals surface area contributed by atoms with Crippen molar-refractivity contribution < 1.29 is 19.1 Å². The second-order valence-corrected chi connectivity index (χ2v) is 2.32. The van der Waals surface area contributed by atoms with Crippen LogP contribution in [0.5, 0.6) is 0 Å². The molecule has 0 unspecified atom stereocenters. The molecule has 4 nitrogen and oxygen atoms in total. The number of carbonyl (C=O) groups excluding carboxylic acids is 2. The number of hydrogen-bond donors (Lipinski definition) is 0. The summed E-state index contributed by atoms with van der Waals surface area (Å²) in [4.78, 5) is 20.4. The summed E-state index contributed by atoms with van der Waals surface area (Å²) in [5.74, 6) is -0.759. The Bertz CT molecular complexity index is 253. The quantitative estimate of drug-likeness (QED) is 0.404. The van der Waals surface area contributed by atoms with Crippen LogP contribution in [0.4, 0.5) is 0 Å². The minimum Gasteiger partial charge on any atom is -0.466 e. The summed E-state index contributed by atoms with van der Waals surface area (Å²) in [5, 5.41) is 0.